The molecule has 1 atom stereocenters. The smallest absolute Gasteiger partial charge is 0.223 e. The molecule has 1 aromatic heterocycles. The number of carbonyl (C=O) groups excluding carboxylic acids is 2. The highest BCUT2D eigenvalue weighted by Gasteiger charge is 2.29. The lowest BCUT2D eigenvalue weighted by Gasteiger charge is -2.34. The third-order valence-electron chi connectivity index (χ3n) is 5.88. The number of thiazole rings is 1. The van der Waals surface area contributed by atoms with Crippen LogP contribution in [0.25, 0.3) is 0 Å². The molecule has 0 spiro atoms. The molecule has 0 radical (unpaired) electrons. The van der Waals surface area contributed by atoms with E-state index in [1.54, 1.807) is 23.5 Å². The number of amides is 2. The highest BCUT2D eigenvalue weighted by Crippen LogP contribution is 2.34. The molecule has 8 heteroatoms. The van der Waals surface area contributed by atoms with E-state index in [2.05, 4.69) is 10.2 Å². The first kappa shape index (κ1) is 20.8. The largest absolute Gasteiger partial charge is 0.352 e. The SMILES string of the molecule is CCC(=O)N1CCN(c2nc3c(s2)C[C@@H](C(=O)NCc2ccc(F)cc2)CC3)CC1. The zero-order valence-electron chi connectivity index (χ0n) is 17.2. The maximum absolute atomic E-state index is 13.0. The highest BCUT2D eigenvalue weighted by molar-refractivity contribution is 7.15. The van der Waals surface area contributed by atoms with E-state index in [-0.39, 0.29) is 23.5 Å². The van der Waals surface area contributed by atoms with E-state index in [0.29, 0.717) is 13.0 Å². The summed E-state index contributed by atoms with van der Waals surface area (Å²) in [5.74, 6) is -0.0660. The summed E-state index contributed by atoms with van der Waals surface area (Å²) < 4.78 is 13.0. The van der Waals surface area contributed by atoms with Crippen LogP contribution < -0.4 is 10.2 Å². The van der Waals surface area contributed by atoms with Crippen LogP contribution in [0.1, 0.15) is 35.9 Å². The molecule has 0 saturated carbocycles. The van der Waals surface area contributed by atoms with Gasteiger partial charge in [0.1, 0.15) is 5.82 Å². The van der Waals surface area contributed by atoms with E-state index in [1.165, 1.54) is 17.0 Å². The number of nitrogens with one attached hydrogen (secondary N) is 1. The second-order valence-electron chi connectivity index (χ2n) is 7.87. The monoisotopic (exact) mass is 430 g/mol. The fourth-order valence-electron chi connectivity index (χ4n) is 4.03. The van der Waals surface area contributed by atoms with Gasteiger partial charge in [-0.15, -0.1) is 11.3 Å². The number of hydrogen-bond donors (Lipinski definition) is 1. The van der Waals surface area contributed by atoms with Crippen LogP contribution >= 0.6 is 11.3 Å². The molecule has 1 aromatic carbocycles. The molecule has 30 heavy (non-hydrogen) atoms. The van der Waals surface area contributed by atoms with Crippen molar-refractivity contribution >= 4 is 28.3 Å². The molecule has 2 aromatic rings. The molecule has 0 bridgehead atoms. The quantitative estimate of drug-likeness (QED) is 0.792. The van der Waals surface area contributed by atoms with Crippen molar-refractivity contribution in [1.29, 1.82) is 0 Å². The summed E-state index contributed by atoms with van der Waals surface area (Å²) in [6.07, 6.45) is 2.88. The molecule has 2 heterocycles. The van der Waals surface area contributed by atoms with Crippen LogP contribution in [-0.2, 0) is 29.0 Å². The van der Waals surface area contributed by atoms with E-state index in [9.17, 15) is 14.0 Å². The molecule has 2 aliphatic rings. The van der Waals surface area contributed by atoms with Gasteiger partial charge >= 0.3 is 0 Å². The van der Waals surface area contributed by atoms with Crippen LogP contribution in [0.15, 0.2) is 24.3 Å². The van der Waals surface area contributed by atoms with Gasteiger partial charge in [0.25, 0.3) is 0 Å². The zero-order chi connectivity index (χ0) is 21.1. The average Bonchev–Trinajstić information content (AvgIpc) is 3.21. The Balaban J connectivity index is 1.32. The maximum atomic E-state index is 13.0. The lowest BCUT2D eigenvalue weighted by molar-refractivity contribution is -0.131. The maximum Gasteiger partial charge on any atom is 0.223 e. The van der Waals surface area contributed by atoms with E-state index in [1.807, 2.05) is 11.8 Å². The van der Waals surface area contributed by atoms with Crippen LogP contribution in [-0.4, -0.2) is 47.9 Å². The first-order valence-electron chi connectivity index (χ1n) is 10.6. The minimum atomic E-state index is -0.274. The molecule has 2 amide bonds. The van der Waals surface area contributed by atoms with E-state index in [4.69, 9.17) is 4.98 Å². The lowest BCUT2D eigenvalue weighted by atomic mass is 9.90. The first-order valence-corrected chi connectivity index (χ1v) is 11.4. The third-order valence-corrected chi connectivity index (χ3v) is 7.07. The van der Waals surface area contributed by atoms with E-state index >= 15 is 0 Å². The number of rotatable bonds is 5. The van der Waals surface area contributed by atoms with Gasteiger partial charge in [0, 0.05) is 49.9 Å². The number of benzene rings is 1. The van der Waals surface area contributed by atoms with Gasteiger partial charge in [-0.05, 0) is 37.0 Å². The lowest BCUT2D eigenvalue weighted by Crippen LogP contribution is -2.48. The molecular formula is C22H27FN4O2S. The zero-order valence-corrected chi connectivity index (χ0v) is 18.0. The Kier molecular flexibility index (Phi) is 6.32. The summed E-state index contributed by atoms with van der Waals surface area (Å²) in [6.45, 7) is 5.41. The molecule has 4 rings (SSSR count). The summed E-state index contributed by atoms with van der Waals surface area (Å²) in [5, 5.41) is 4.00. The summed E-state index contributed by atoms with van der Waals surface area (Å²) in [7, 11) is 0. The van der Waals surface area contributed by atoms with Crippen molar-refractivity contribution < 1.29 is 14.0 Å². The fourth-order valence-corrected chi connectivity index (χ4v) is 5.26. The van der Waals surface area contributed by atoms with Gasteiger partial charge in [0.05, 0.1) is 5.69 Å². The van der Waals surface area contributed by atoms with Gasteiger partial charge in [-0.3, -0.25) is 9.59 Å². The summed E-state index contributed by atoms with van der Waals surface area (Å²) in [6, 6.07) is 6.20. The number of nitrogens with zero attached hydrogens (tertiary/aromatic N) is 3. The number of hydrogen-bond acceptors (Lipinski definition) is 5. The molecule has 6 nitrogen and oxygen atoms in total. The topological polar surface area (TPSA) is 65.5 Å². The molecule has 0 unspecified atom stereocenters. The molecule has 1 fully saturated rings. The first-order chi connectivity index (χ1) is 14.5. The van der Waals surface area contributed by atoms with Crippen LogP contribution in [0, 0.1) is 11.7 Å². The van der Waals surface area contributed by atoms with Crippen molar-refractivity contribution in [3.8, 4) is 0 Å². The van der Waals surface area contributed by atoms with Gasteiger partial charge in [-0.2, -0.15) is 0 Å². The number of piperazine rings is 1. The standard InChI is InChI=1S/C22H27FN4O2S/c1-2-20(28)26-9-11-27(12-10-26)22-25-18-8-5-16(13-19(18)30-22)21(29)24-14-15-3-6-17(23)7-4-15/h3-4,6-7,16H,2,5,8-14H2,1H3,(H,24,29)/t16-/m0/s1. The molecular weight excluding hydrogens is 403 g/mol. The Hall–Kier alpha value is -2.48. The van der Waals surface area contributed by atoms with Crippen molar-refractivity contribution in [1.82, 2.24) is 15.2 Å². The predicted molar refractivity (Wildman–Crippen MR) is 115 cm³/mol. The van der Waals surface area contributed by atoms with E-state index < -0.39 is 0 Å². The van der Waals surface area contributed by atoms with Crippen molar-refractivity contribution in [3.05, 3.63) is 46.2 Å². The molecule has 1 saturated heterocycles. The number of carbonyl (C=O) groups is 2. The average molecular weight is 431 g/mol. The Bertz CT molecular complexity index is 906. The van der Waals surface area contributed by atoms with E-state index in [0.717, 1.165) is 61.8 Å². The fraction of sp³-hybridized carbons (Fsp3) is 0.500. The second-order valence-corrected chi connectivity index (χ2v) is 8.93. The summed E-state index contributed by atoms with van der Waals surface area (Å²) in [4.78, 5) is 34.7. The van der Waals surface area contributed by atoms with Gasteiger partial charge in [-0.1, -0.05) is 19.1 Å². The Morgan fingerprint density at radius 1 is 1.20 bits per heavy atom. The minimum Gasteiger partial charge on any atom is -0.352 e. The Morgan fingerprint density at radius 2 is 1.93 bits per heavy atom. The Morgan fingerprint density at radius 3 is 2.63 bits per heavy atom. The second kappa shape index (κ2) is 9.12. The van der Waals surface area contributed by atoms with Crippen LogP contribution in [0.2, 0.25) is 0 Å². The van der Waals surface area contributed by atoms with Gasteiger partial charge in [-0.25, -0.2) is 9.37 Å². The van der Waals surface area contributed by atoms with Crippen molar-refractivity contribution in [3.63, 3.8) is 0 Å². The van der Waals surface area contributed by atoms with Crippen LogP contribution in [0.4, 0.5) is 9.52 Å². The number of aryl methyl sites for hydroxylation is 1. The minimum absolute atomic E-state index is 0.0478. The van der Waals surface area contributed by atoms with Gasteiger partial charge < -0.3 is 15.1 Å². The highest BCUT2D eigenvalue weighted by atomic mass is 32.1. The predicted octanol–water partition coefficient (Wildman–Crippen LogP) is 2.76. The number of fused-ring (bicyclic) bond motifs is 1. The van der Waals surface area contributed by atoms with Crippen LogP contribution in [0.5, 0.6) is 0 Å². The van der Waals surface area contributed by atoms with Crippen LogP contribution in [0.3, 0.4) is 0 Å². The van der Waals surface area contributed by atoms with Gasteiger partial charge in [0.15, 0.2) is 5.13 Å². The third kappa shape index (κ3) is 4.64. The van der Waals surface area contributed by atoms with Crippen molar-refractivity contribution in [2.45, 2.75) is 39.2 Å². The number of halogens is 1. The molecule has 160 valence electrons. The molecule has 1 aliphatic heterocycles. The molecule has 1 N–H and O–H groups in total. The van der Waals surface area contributed by atoms with Crippen molar-refractivity contribution in [2.24, 2.45) is 5.92 Å². The molecule has 1 aliphatic carbocycles. The normalized spacial score (nSPS) is 18.8. The number of anilines is 1. The van der Waals surface area contributed by atoms with Gasteiger partial charge in [0.2, 0.25) is 11.8 Å². The number of aromatic nitrogens is 1. The Labute approximate surface area is 180 Å². The van der Waals surface area contributed by atoms with Crippen molar-refractivity contribution in [2.75, 3.05) is 31.1 Å². The summed E-state index contributed by atoms with van der Waals surface area (Å²) >= 11 is 1.68. The summed E-state index contributed by atoms with van der Waals surface area (Å²) in [5.41, 5.74) is 2.01.